The second-order valence-electron chi connectivity index (χ2n) is 4.77. The molecule has 2 aromatic rings. The Kier molecular flexibility index (Phi) is 5.65. The van der Waals surface area contributed by atoms with Crippen molar-refractivity contribution < 1.29 is 13.8 Å². The van der Waals surface area contributed by atoms with Gasteiger partial charge < -0.3 is 15.8 Å². The largest absolute Gasteiger partial charge is 0.398 e. The van der Waals surface area contributed by atoms with Crippen LogP contribution in [-0.2, 0) is 4.74 Å². The summed E-state index contributed by atoms with van der Waals surface area (Å²) in [5, 5.41) is 13.4. The quantitative estimate of drug-likeness (QED) is 0.484. The predicted octanol–water partition coefficient (Wildman–Crippen LogP) is 2.59. The van der Waals surface area contributed by atoms with Crippen LogP contribution in [0.3, 0.4) is 0 Å². The summed E-state index contributed by atoms with van der Waals surface area (Å²) >= 11 is 0. The molecule has 0 saturated carbocycles. The van der Waals surface area contributed by atoms with E-state index in [4.69, 9.17) is 15.9 Å². The molecule has 5 N–H and O–H groups in total. The molecule has 0 saturated heterocycles. The number of hydrogen-bond donors (Lipinski definition) is 4. The van der Waals surface area contributed by atoms with Crippen LogP contribution in [0.4, 0.5) is 16.3 Å². The summed E-state index contributed by atoms with van der Waals surface area (Å²) in [5.41, 5.74) is 7.91. The van der Waals surface area contributed by atoms with E-state index < -0.39 is 0 Å². The molecular weight excluding hydrogens is 294 g/mol. The number of carbonyl (C=O) groups is 1. The lowest BCUT2D eigenvalue weighted by molar-refractivity contribution is 0.198. The number of anilines is 2. The van der Waals surface area contributed by atoms with Crippen molar-refractivity contribution in [1.29, 1.82) is 5.41 Å². The topological polar surface area (TPSA) is 113 Å². The minimum absolute atomic E-state index is 0. The number of nitrogens with one attached hydrogen (secondary N) is 3. The van der Waals surface area contributed by atoms with Crippen molar-refractivity contribution in [2.75, 3.05) is 31.3 Å². The van der Waals surface area contributed by atoms with Gasteiger partial charge in [-0.1, -0.05) is 30.3 Å². The van der Waals surface area contributed by atoms with Crippen molar-refractivity contribution in [3.63, 3.8) is 0 Å². The van der Waals surface area contributed by atoms with E-state index in [1.807, 2.05) is 30.3 Å². The highest BCUT2D eigenvalue weighted by molar-refractivity contribution is 6.13. The third-order valence-electron chi connectivity index (χ3n) is 3.10. The maximum atomic E-state index is 11.6. The van der Waals surface area contributed by atoms with Crippen LogP contribution in [0.1, 0.15) is 15.4 Å². The van der Waals surface area contributed by atoms with Crippen molar-refractivity contribution in [3.8, 4) is 0 Å². The summed E-state index contributed by atoms with van der Waals surface area (Å²) < 4.78 is 4.84. The molecule has 0 unspecified atom stereocenters. The first-order chi connectivity index (χ1) is 11.1. The number of methoxy groups -OCH3 is 1. The Hall–Kier alpha value is -2.93. The normalized spacial score (nSPS) is 10.1. The average molecular weight is 319 g/mol. The van der Waals surface area contributed by atoms with E-state index in [1.54, 1.807) is 7.11 Å². The monoisotopic (exact) mass is 319 g/mol. The molecule has 23 heavy (non-hydrogen) atoms. The van der Waals surface area contributed by atoms with E-state index in [-0.39, 0.29) is 16.0 Å². The Morgan fingerprint density at radius 1 is 1.39 bits per heavy atom. The zero-order valence-electron chi connectivity index (χ0n) is 12.8. The van der Waals surface area contributed by atoms with Crippen molar-refractivity contribution in [2.45, 2.75) is 0 Å². The molecule has 0 fully saturated rings. The molecule has 1 heterocycles. The molecule has 0 spiro atoms. The van der Waals surface area contributed by atoms with Gasteiger partial charge in [0.1, 0.15) is 5.82 Å². The summed E-state index contributed by atoms with van der Waals surface area (Å²) in [6, 6.07) is 10.4. The highest BCUT2D eigenvalue weighted by atomic mass is 16.5. The molecule has 0 bridgehead atoms. The number of aromatic nitrogens is 1. The number of ether oxygens (including phenoxy) is 1. The fourth-order valence-electron chi connectivity index (χ4n) is 1.94. The molecule has 126 valence electrons. The number of nitrogens with two attached hydrogens (primary N) is 1. The van der Waals surface area contributed by atoms with Crippen LogP contribution in [0.5, 0.6) is 0 Å². The third kappa shape index (κ3) is 4.52. The molecule has 2 amide bonds. The zero-order chi connectivity index (χ0) is 16.7. The van der Waals surface area contributed by atoms with Gasteiger partial charge in [0.15, 0.2) is 0 Å². The van der Waals surface area contributed by atoms with Gasteiger partial charge in [-0.2, -0.15) is 0 Å². The number of nitrogen functional groups attached to an aromatic ring is 1. The van der Waals surface area contributed by atoms with Gasteiger partial charge in [-0.3, -0.25) is 10.7 Å². The minimum atomic E-state index is -0.389. The molecule has 7 nitrogen and oxygen atoms in total. The van der Waals surface area contributed by atoms with Crippen LogP contribution in [0.25, 0.3) is 0 Å². The molecule has 0 radical (unpaired) electrons. The lowest BCUT2D eigenvalue weighted by atomic mass is 10.0. The van der Waals surface area contributed by atoms with Crippen LogP contribution in [0, 0.1) is 5.41 Å². The van der Waals surface area contributed by atoms with E-state index in [0.29, 0.717) is 30.2 Å². The number of amides is 2. The molecule has 0 aliphatic carbocycles. The lowest BCUT2D eigenvalue weighted by Gasteiger charge is -2.10. The molecular formula is C16H25N5O2. The van der Waals surface area contributed by atoms with Gasteiger partial charge >= 0.3 is 6.03 Å². The first-order valence-corrected chi connectivity index (χ1v) is 7.05. The highest BCUT2D eigenvalue weighted by Gasteiger charge is 2.11. The Bertz CT molecular complexity index is 702. The SMILES string of the molecule is COCCNC(=O)Nc1cc(N)c(C(=N)c2ccccc2)cn1.[HH].[HH].[HH]. The number of nitrogens with zero attached hydrogens (tertiary/aromatic N) is 1. The van der Waals surface area contributed by atoms with Crippen LogP contribution < -0.4 is 16.4 Å². The number of carbonyl (C=O) groups excluding carboxylic acids is 1. The van der Waals surface area contributed by atoms with E-state index >= 15 is 0 Å². The van der Waals surface area contributed by atoms with Gasteiger partial charge in [-0.25, -0.2) is 9.78 Å². The van der Waals surface area contributed by atoms with Crippen LogP contribution >= 0.6 is 0 Å². The number of rotatable bonds is 6. The summed E-state index contributed by atoms with van der Waals surface area (Å²) in [6.45, 7) is 0.824. The summed E-state index contributed by atoms with van der Waals surface area (Å²) in [5.74, 6) is 0.321. The standard InChI is InChI=1S/C16H19N5O2.3H2/c1-23-8-7-19-16(22)21-14-9-13(17)12(10-20-14)15(18)11-5-3-2-4-6-11;;;/h2-6,9-10,18H,7-8H2,1H3,(H4,17,19,20,21,22);3*1H. The van der Waals surface area contributed by atoms with E-state index in [0.717, 1.165) is 5.56 Å². The second-order valence-corrected chi connectivity index (χ2v) is 4.77. The smallest absolute Gasteiger partial charge is 0.320 e. The van der Waals surface area contributed by atoms with E-state index in [2.05, 4.69) is 15.6 Å². The number of pyridine rings is 1. The predicted molar refractivity (Wildman–Crippen MR) is 96.3 cm³/mol. The Morgan fingerprint density at radius 2 is 2.13 bits per heavy atom. The Labute approximate surface area is 138 Å². The first-order valence-electron chi connectivity index (χ1n) is 7.05. The molecule has 0 aliphatic rings. The summed E-state index contributed by atoms with van der Waals surface area (Å²) in [6.07, 6.45) is 1.48. The first kappa shape index (κ1) is 16.4. The van der Waals surface area contributed by atoms with Gasteiger partial charge in [0.05, 0.1) is 12.3 Å². The molecule has 0 aliphatic heterocycles. The van der Waals surface area contributed by atoms with Crippen molar-refractivity contribution in [2.24, 2.45) is 0 Å². The van der Waals surface area contributed by atoms with Crippen LogP contribution in [0.2, 0.25) is 0 Å². The van der Waals surface area contributed by atoms with Crippen LogP contribution in [-0.4, -0.2) is 37.0 Å². The highest BCUT2D eigenvalue weighted by Crippen LogP contribution is 2.18. The van der Waals surface area contributed by atoms with Gasteiger partial charge in [-0.15, -0.1) is 0 Å². The van der Waals surface area contributed by atoms with E-state index in [9.17, 15) is 4.79 Å². The van der Waals surface area contributed by atoms with Crippen molar-refractivity contribution in [3.05, 3.63) is 53.7 Å². The number of hydrogen-bond acceptors (Lipinski definition) is 5. The van der Waals surface area contributed by atoms with E-state index in [1.165, 1.54) is 12.3 Å². The van der Waals surface area contributed by atoms with Crippen molar-refractivity contribution in [1.82, 2.24) is 10.3 Å². The molecule has 2 rings (SSSR count). The summed E-state index contributed by atoms with van der Waals surface area (Å²) in [7, 11) is 1.56. The number of benzene rings is 1. The lowest BCUT2D eigenvalue weighted by Crippen LogP contribution is -2.31. The second kappa shape index (κ2) is 7.90. The van der Waals surface area contributed by atoms with Crippen molar-refractivity contribution >= 4 is 23.2 Å². The van der Waals surface area contributed by atoms with Gasteiger partial charge in [-0.05, 0) is 0 Å². The third-order valence-corrected chi connectivity index (χ3v) is 3.10. The summed E-state index contributed by atoms with van der Waals surface area (Å²) in [4.78, 5) is 15.8. The maximum absolute atomic E-state index is 11.6. The average Bonchev–Trinajstić information content (AvgIpc) is 2.55. The van der Waals surface area contributed by atoms with Gasteiger partial charge in [0, 0.05) is 47.0 Å². The Morgan fingerprint density at radius 3 is 2.78 bits per heavy atom. The fraction of sp³-hybridized carbons (Fsp3) is 0.188. The zero-order valence-corrected chi connectivity index (χ0v) is 12.8. The molecule has 7 heteroatoms. The Balaban J connectivity index is 0. The number of urea groups is 1. The molecule has 1 aromatic heterocycles. The van der Waals surface area contributed by atoms with Gasteiger partial charge in [0.25, 0.3) is 0 Å². The minimum Gasteiger partial charge on any atom is -0.398 e. The fourth-order valence-corrected chi connectivity index (χ4v) is 1.94. The maximum Gasteiger partial charge on any atom is 0.320 e. The molecule has 0 atom stereocenters. The van der Waals surface area contributed by atoms with Crippen LogP contribution in [0.15, 0.2) is 42.6 Å². The molecule has 1 aromatic carbocycles. The van der Waals surface area contributed by atoms with Gasteiger partial charge in [0.2, 0.25) is 0 Å².